The number of anilines is 1. The number of carbonyl (C=O) groups excluding carboxylic acids is 2. The molecule has 26 heavy (non-hydrogen) atoms. The normalized spacial score (nSPS) is 22.1. The van der Waals surface area contributed by atoms with Crippen LogP contribution in [0, 0.1) is 5.82 Å². The summed E-state index contributed by atoms with van der Waals surface area (Å²) in [6.07, 6.45) is 0. The van der Waals surface area contributed by atoms with Crippen LogP contribution < -0.4 is 10.2 Å². The van der Waals surface area contributed by atoms with Gasteiger partial charge in [-0.15, -0.1) is 0 Å². The summed E-state index contributed by atoms with van der Waals surface area (Å²) in [4.78, 5) is 31.2. The Bertz CT molecular complexity index is 669. The summed E-state index contributed by atoms with van der Waals surface area (Å²) in [5.41, 5.74) is 0.179. The van der Waals surface area contributed by atoms with Gasteiger partial charge in [0.2, 0.25) is 11.8 Å². The first-order valence-corrected chi connectivity index (χ1v) is 9.15. The smallest absolute Gasteiger partial charge is 0.245 e. The topological polar surface area (TPSA) is 55.9 Å². The Balaban J connectivity index is 1.61. The van der Waals surface area contributed by atoms with Crippen molar-refractivity contribution in [3.8, 4) is 0 Å². The first-order chi connectivity index (χ1) is 12.3. The molecule has 3 rings (SSSR count). The zero-order valence-electron chi connectivity index (χ0n) is 15.7. The lowest BCUT2D eigenvalue weighted by atomic mass is 9.97. The Labute approximate surface area is 153 Å². The van der Waals surface area contributed by atoms with Gasteiger partial charge in [0.15, 0.2) is 0 Å². The minimum Gasteiger partial charge on any atom is -0.369 e. The number of hydrogen-bond acceptors (Lipinski definition) is 4. The molecule has 2 amide bonds. The largest absolute Gasteiger partial charge is 0.369 e. The molecule has 0 bridgehead atoms. The highest BCUT2D eigenvalue weighted by molar-refractivity contribution is 5.93. The summed E-state index contributed by atoms with van der Waals surface area (Å²) in [6.45, 7) is 9.61. The van der Waals surface area contributed by atoms with Gasteiger partial charge >= 0.3 is 0 Å². The molecule has 0 radical (unpaired) electrons. The van der Waals surface area contributed by atoms with E-state index in [0.29, 0.717) is 13.1 Å². The zero-order chi connectivity index (χ0) is 18.9. The lowest BCUT2D eigenvalue weighted by Gasteiger charge is -2.45. The fourth-order valence-corrected chi connectivity index (χ4v) is 3.69. The van der Waals surface area contributed by atoms with Crippen molar-refractivity contribution in [2.75, 3.05) is 44.2 Å². The van der Waals surface area contributed by atoms with E-state index in [4.69, 9.17) is 0 Å². The maximum atomic E-state index is 13.1. The molecule has 6 nitrogen and oxygen atoms in total. The second-order valence-corrected chi connectivity index (χ2v) is 7.48. The summed E-state index contributed by atoms with van der Waals surface area (Å²) in [7, 11) is 0. The van der Waals surface area contributed by atoms with Gasteiger partial charge in [-0.25, -0.2) is 4.39 Å². The molecule has 1 atom stereocenters. The van der Waals surface area contributed by atoms with E-state index >= 15 is 0 Å². The number of nitrogens with one attached hydrogen (secondary N) is 1. The molecule has 142 valence electrons. The predicted molar refractivity (Wildman–Crippen MR) is 98.4 cm³/mol. The average Bonchev–Trinajstić information content (AvgIpc) is 2.63. The van der Waals surface area contributed by atoms with Gasteiger partial charge in [-0.1, -0.05) is 0 Å². The Morgan fingerprint density at radius 3 is 2.35 bits per heavy atom. The Kier molecular flexibility index (Phi) is 5.18. The second-order valence-electron chi connectivity index (χ2n) is 7.48. The van der Waals surface area contributed by atoms with E-state index < -0.39 is 5.54 Å². The standard InChI is InChI=1S/C19H27FN4O2/c1-14(17(25)24-9-8-21-18(26)19(24,2)3)22-10-12-23(13-11-22)16-6-4-15(20)5-7-16/h4-7,14H,8-13H2,1-3H3,(H,21,26)/t14-/m1/s1. The van der Waals surface area contributed by atoms with Crippen molar-refractivity contribution in [2.24, 2.45) is 0 Å². The van der Waals surface area contributed by atoms with Gasteiger partial charge in [-0.3, -0.25) is 14.5 Å². The number of amides is 2. The van der Waals surface area contributed by atoms with Crippen molar-refractivity contribution in [3.63, 3.8) is 0 Å². The first kappa shape index (κ1) is 18.6. The van der Waals surface area contributed by atoms with Gasteiger partial charge in [0, 0.05) is 45.0 Å². The van der Waals surface area contributed by atoms with Crippen LogP contribution in [0.2, 0.25) is 0 Å². The average molecular weight is 362 g/mol. The fourth-order valence-electron chi connectivity index (χ4n) is 3.69. The van der Waals surface area contributed by atoms with Crippen LogP contribution in [-0.4, -0.2) is 72.5 Å². The van der Waals surface area contributed by atoms with Crippen LogP contribution >= 0.6 is 0 Å². The van der Waals surface area contributed by atoms with Crippen LogP contribution in [0.15, 0.2) is 24.3 Å². The van der Waals surface area contributed by atoms with Gasteiger partial charge in [0.05, 0.1) is 6.04 Å². The molecule has 2 saturated heterocycles. The van der Waals surface area contributed by atoms with E-state index in [1.807, 2.05) is 6.92 Å². The highest BCUT2D eigenvalue weighted by atomic mass is 19.1. The lowest BCUT2D eigenvalue weighted by molar-refractivity contribution is -0.152. The van der Waals surface area contributed by atoms with Crippen molar-refractivity contribution in [3.05, 3.63) is 30.1 Å². The molecule has 0 unspecified atom stereocenters. The van der Waals surface area contributed by atoms with Crippen molar-refractivity contribution in [1.29, 1.82) is 0 Å². The minimum atomic E-state index is -0.820. The summed E-state index contributed by atoms with van der Waals surface area (Å²) < 4.78 is 13.1. The molecule has 0 saturated carbocycles. The van der Waals surface area contributed by atoms with E-state index in [-0.39, 0.29) is 23.7 Å². The van der Waals surface area contributed by atoms with Crippen LogP contribution in [0.5, 0.6) is 0 Å². The molecule has 1 aromatic carbocycles. The molecular weight excluding hydrogens is 335 g/mol. The Morgan fingerprint density at radius 1 is 1.12 bits per heavy atom. The highest BCUT2D eigenvalue weighted by Gasteiger charge is 2.42. The van der Waals surface area contributed by atoms with Crippen molar-refractivity contribution in [2.45, 2.75) is 32.4 Å². The summed E-state index contributed by atoms with van der Waals surface area (Å²) in [5, 5.41) is 2.82. The third kappa shape index (κ3) is 3.53. The van der Waals surface area contributed by atoms with Gasteiger partial charge in [-0.05, 0) is 45.0 Å². The monoisotopic (exact) mass is 362 g/mol. The maximum absolute atomic E-state index is 13.1. The molecule has 1 N–H and O–H groups in total. The van der Waals surface area contributed by atoms with E-state index in [2.05, 4.69) is 15.1 Å². The van der Waals surface area contributed by atoms with Crippen LogP contribution in [0.3, 0.4) is 0 Å². The van der Waals surface area contributed by atoms with E-state index in [1.54, 1.807) is 30.9 Å². The third-order valence-corrected chi connectivity index (χ3v) is 5.53. The minimum absolute atomic E-state index is 0.0000761. The molecule has 0 aliphatic carbocycles. The summed E-state index contributed by atoms with van der Waals surface area (Å²) in [5.74, 6) is -0.342. The predicted octanol–water partition coefficient (Wildman–Crippen LogP) is 1.07. The molecule has 1 aromatic rings. The Hall–Kier alpha value is -2.15. The first-order valence-electron chi connectivity index (χ1n) is 9.15. The van der Waals surface area contributed by atoms with Gasteiger partial charge < -0.3 is 15.1 Å². The number of hydrogen-bond donors (Lipinski definition) is 1. The second kappa shape index (κ2) is 7.23. The molecular formula is C19H27FN4O2. The van der Waals surface area contributed by atoms with Gasteiger partial charge in [0.25, 0.3) is 0 Å². The molecule has 2 heterocycles. The van der Waals surface area contributed by atoms with Crippen LogP contribution in [0.1, 0.15) is 20.8 Å². The van der Waals surface area contributed by atoms with Gasteiger partial charge in [0.1, 0.15) is 11.4 Å². The molecule has 0 aromatic heterocycles. The summed E-state index contributed by atoms with van der Waals surface area (Å²) >= 11 is 0. The van der Waals surface area contributed by atoms with E-state index in [9.17, 15) is 14.0 Å². The quantitative estimate of drug-likeness (QED) is 0.874. The number of carbonyl (C=O) groups is 2. The number of benzene rings is 1. The maximum Gasteiger partial charge on any atom is 0.245 e. The van der Waals surface area contributed by atoms with Crippen LogP contribution in [0.4, 0.5) is 10.1 Å². The van der Waals surface area contributed by atoms with E-state index in [0.717, 1.165) is 31.9 Å². The fraction of sp³-hybridized carbons (Fsp3) is 0.579. The molecule has 2 aliphatic heterocycles. The molecule has 2 aliphatic rings. The molecule has 7 heteroatoms. The molecule has 0 spiro atoms. The number of halogens is 1. The number of nitrogens with zero attached hydrogens (tertiary/aromatic N) is 3. The lowest BCUT2D eigenvalue weighted by Crippen LogP contribution is -2.66. The number of piperazine rings is 2. The van der Waals surface area contributed by atoms with E-state index in [1.165, 1.54) is 12.1 Å². The van der Waals surface area contributed by atoms with Crippen LogP contribution in [-0.2, 0) is 9.59 Å². The van der Waals surface area contributed by atoms with Crippen molar-refractivity contribution in [1.82, 2.24) is 15.1 Å². The van der Waals surface area contributed by atoms with Crippen LogP contribution in [0.25, 0.3) is 0 Å². The van der Waals surface area contributed by atoms with Gasteiger partial charge in [-0.2, -0.15) is 0 Å². The SMILES string of the molecule is C[C@H](C(=O)N1CCNC(=O)C1(C)C)N1CCN(c2ccc(F)cc2)CC1. The zero-order valence-corrected chi connectivity index (χ0v) is 15.7. The Morgan fingerprint density at radius 2 is 1.73 bits per heavy atom. The van der Waals surface area contributed by atoms with Crippen molar-refractivity contribution < 1.29 is 14.0 Å². The summed E-state index contributed by atoms with van der Waals surface area (Å²) in [6, 6.07) is 6.24. The molecule has 2 fully saturated rings. The highest BCUT2D eigenvalue weighted by Crippen LogP contribution is 2.22. The van der Waals surface area contributed by atoms with Crippen molar-refractivity contribution >= 4 is 17.5 Å². The number of rotatable bonds is 3. The third-order valence-electron chi connectivity index (χ3n) is 5.53.